The zero-order valence-electron chi connectivity index (χ0n) is 26.5. The molecule has 9 heteroatoms. The number of carbonyl (C=O) groups excluding carboxylic acids is 3. The highest BCUT2D eigenvalue weighted by atomic mass is 127. The van der Waals surface area contributed by atoms with Crippen LogP contribution >= 0.6 is 20.7 Å². The van der Waals surface area contributed by atoms with Crippen LogP contribution in [0.15, 0.2) is 33.0 Å². The van der Waals surface area contributed by atoms with E-state index in [1.165, 1.54) is 25.2 Å². The van der Waals surface area contributed by atoms with Crippen LogP contribution in [-0.4, -0.2) is 66.2 Å². The summed E-state index contributed by atoms with van der Waals surface area (Å²) in [5, 5.41) is 0. The van der Waals surface area contributed by atoms with Crippen molar-refractivity contribution in [1.82, 2.24) is 0 Å². The molecule has 0 N–H and O–H groups in total. The average molecular weight is 709 g/mol. The van der Waals surface area contributed by atoms with Gasteiger partial charge in [0.1, 0.15) is 12.2 Å². The summed E-state index contributed by atoms with van der Waals surface area (Å²) in [6.45, 7) is 14.2. The van der Waals surface area contributed by atoms with Crippen LogP contribution in [0.4, 0.5) is 0 Å². The van der Waals surface area contributed by atoms with E-state index in [-0.39, 0.29) is 69.2 Å². The molecule has 12 atom stereocenters. The third-order valence-electron chi connectivity index (χ3n) is 12.1. The maximum atomic E-state index is 13.4. The number of halogens is 1. The summed E-state index contributed by atoms with van der Waals surface area (Å²) in [4.78, 5) is 39.1. The largest absolute Gasteiger partial charge is 0.469 e. The predicted octanol–water partition coefficient (Wildman–Crippen LogP) is 5.45. The lowest BCUT2D eigenvalue weighted by molar-refractivity contribution is -0.251. The summed E-state index contributed by atoms with van der Waals surface area (Å²) in [6.07, 6.45) is 3.69. The van der Waals surface area contributed by atoms with Gasteiger partial charge in [-0.2, -0.15) is 0 Å². The van der Waals surface area contributed by atoms with Crippen LogP contribution in [-0.2, 0) is 38.1 Å². The average Bonchev–Trinajstić information content (AvgIpc) is 3.73. The Hall–Kier alpha value is -1.85. The summed E-state index contributed by atoms with van der Waals surface area (Å²) < 4.78 is 36.3. The fraction of sp³-hybridized carbons (Fsp3) is 0.706. The lowest BCUT2D eigenvalue weighted by Gasteiger charge is -2.65. The van der Waals surface area contributed by atoms with Crippen molar-refractivity contribution in [2.75, 3.05) is 13.7 Å². The Labute approximate surface area is 264 Å². The third kappa shape index (κ3) is 4.41. The van der Waals surface area contributed by atoms with E-state index in [1.54, 1.807) is 13.0 Å². The second-order valence-electron chi connectivity index (χ2n) is 14.1. The smallest absolute Gasteiger partial charge is 0.333 e. The Bertz CT molecular complexity index is 1340. The number of hydrogen-bond acceptors (Lipinski definition) is 8. The van der Waals surface area contributed by atoms with Crippen molar-refractivity contribution in [2.45, 2.75) is 98.2 Å². The van der Waals surface area contributed by atoms with Crippen LogP contribution < -0.4 is 0 Å². The fourth-order valence-electron chi connectivity index (χ4n) is 10.2. The van der Waals surface area contributed by atoms with Crippen LogP contribution in [0, 0.1) is 39.9 Å². The van der Waals surface area contributed by atoms with Crippen LogP contribution in [0.3, 0.4) is 0 Å². The minimum absolute atomic E-state index is 0.00576. The molecule has 0 bridgehead atoms. The molecule has 2 saturated carbocycles. The molecule has 2 unspecified atom stereocenters. The Morgan fingerprint density at radius 1 is 1.12 bits per heavy atom. The zero-order valence-corrected chi connectivity index (χ0v) is 28.6. The molecule has 3 aliphatic carbocycles. The quantitative estimate of drug-likeness (QED) is 0.118. The standard InChI is InChI=1S/C34H45IO8/c1-9-17(2)31(38)43-25-14-24(41-19(4)36)32(5)16-40-28-29(32)33(25,6)23(13-26(37)39-8)34(7)27-18(3)21(20-10-11-35-15-20)12-22(27)42-30(28)34/h9-11,15,20-25,28-30H,12-14,16H2,1-8H3/b17-9+/t20?,21-,22-,23-,24-,25+,28-,29?,30-,32-,33+,34-/m1/s1. The minimum Gasteiger partial charge on any atom is -0.469 e. The monoisotopic (exact) mass is 708 g/mol. The van der Waals surface area contributed by atoms with Gasteiger partial charge in [-0.05, 0) is 52.7 Å². The highest BCUT2D eigenvalue weighted by Crippen LogP contribution is 2.74. The maximum absolute atomic E-state index is 13.4. The Morgan fingerprint density at radius 3 is 2.49 bits per heavy atom. The lowest BCUT2D eigenvalue weighted by Crippen LogP contribution is -2.71. The van der Waals surface area contributed by atoms with Crippen molar-refractivity contribution in [2.24, 2.45) is 39.9 Å². The van der Waals surface area contributed by atoms with E-state index >= 15 is 0 Å². The van der Waals surface area contributed by atoms with Gasteiger partial charge in [0.15, 0.2) is 0 Å². The van der Waals surface area contributed by atoms with Crippen molar-refractivity contribution < 1.29 is 38.1 Å². The summed E-state index contributed by atoms with van der Waals surface area (Å²) in [7, 11) is 1.43. The minimum atomic E-state index is -0.704. The van der Waals surface area contributed by atoms with E-state index in [9.17, 15) is 14.4 Å². The summed E-state index contributed by atoms with van der Waals surface area (Å²) in [5.41, 5.74) is 1.34. The van der Waals surface area contributed by atoms with Gasteiger partial charge in [-0.15, -0.1) is 0 Å². The van der Waals surface area contributed by atoms with Crippen molar-refractivity contribution >= 4 is 42.7 Å². The van der Waals surface area contributed by atoms with Gasteiger partial charge in [0.25, 0.3) is 0 Å². The molecule has 4 fully saturated rings. The van der Waals surface area contributed by atoms with Crippen molar-refractivity contribution in [1.29, 1.82) is 0 Å². The number of rotatable bonds is 6. The highest BCUT2D eigenvalue weighted by molar-refractivity contribution is 14.2. The van der Waals surface area contributed by atoms with E-state index in [0.29, 0.717) is 30.4 Å². The van der Waals surface area contributed by atoms with E-state index in [1.807, 2.05) is 6.92 Å². The molecule has 0 radical (unpaired) electrons. The second kappa shape index (κ2) is 10.9. The molecule has 3 heterocycles. The number of methoxy groups -OCH3 is 1. The van der Waals surface area contributed by atoms with Crippen LogP contribution in [0.2, 0.25) is 0 Å². The molecule has 0 aromatic heterocycles. The Kier molecular flexibility index (Phi) is 7.89. The van der Waals surface area contributed by atoms with Crippen LogP contribution in [0.25, 0.3) is 0 Å². The first-order valence-electron chi connectivity index (χ1n) is 15.5. The first-order valence-corrected chi connectivity index (χ1v) is 18.0. The molecule has 6 aliphatic rings. The predicted molar refractivity (Wildman–Crippen MR) is 169 cm³/mol. The third-order valence-corrected chi connectivity index (χ3v) is 14.2. The van der Waals surface area contributed by atoms with E-state index in [0.717, 1.165) is 6.42 Å². The molecular weight excluding hydrogens is 663 g/mol. The van der Waals surface area contributed by atoms with Gasteiger partial charge in [0.05, 0.1) is 32.0 Å². The van der Waals surface area contributed by atoms with Crippen LogP contribution in [0.5, 0.6) is 0 Å². The van der Waals surface area contributed by atoms with Gasteiger partial charge >= 0.3 is 17.9 Å². The molecule has 0 amide bonds. The van der Waals surface area contributed by atoms with E-state index in [2.05, 4.69) is 41.9 Å². The molecule has 236 valence electrons. The Balaban J connectivity index is 1.54. The molecule has 43 heavy (non-hydrogen) atoms. The van der Waals surface area contributed by atoms with Gasteiger partial charge in [0.2, 0.25) is 0 Å². The number of esters is 3. The molecule has 6 rings (SSSR count). The molecule has 3 aliphatic heterocycles. The number of fused-ring (bicyclic) bond motifs is 4. The molecule has 0 spiro atoms. The summed E-state index contributed by atoms with van der Waals surface area (Å²) >= 11 is -0.00576. The van der Waals surface area contributed by atoms with Crippen molar-refractivity contribution in [3.05, 3.63) is 33.0 Å². The van der Waals surface area contributed by atoms with Gasteiger partial charge in [-0.25, -0.2) is 4.79 Å². The summed E-state index contributed by atoms with van der Waals surface area (Å²) in [5.74, 6) is -0.742. The number of carbonyl (C=O) groups is 3. The lowest BCUT2D eigenvalue weighted by atomic mass is 9.40. The second-order valence-corrected chi connectivity index (χ2v) is 16.2. The summed E-state index contributed by atoms with van der Waals surface area (Å²) in [6, 6.07) is 0. The van der Waals surface area contributed by atoms with Crippen molar-refractivity contribution in [3.63, 3.8) is 0 Å². The first kappa shape index (κ1) is 31.1. The normalized spacial score (nSPS) is 46.1. The van der Waals surface area contributed by atoms with Crippen LogP contribution in [0.1, 0.15) is 67.7 Å². The zero-order chi connectivity index (χ0) is 31.1. The molecule has 0 aromatic carbocycles. The topological polar surface area (TPSA) is 97.4 Å². The van der Waals surface area contributed by atoms with E-state index in [4.69, 9.17) is 23.7 Å². The van der Waals surface area contributed by atoms with Gasteiger partial charge in [-0.3, -0.25) is 9.59 Å². The number of allylic oxidation sites excluding steroid dienone is 3. The molecular formula is C34H45IO8. The highest BCUT2D eigenvalue weighted by Gasteiger charge is 2.78. The van der Waals surface area contributed by atoms with Gasteiger partial charge < -0.3 is 23.7 Å². The fourth-order valence-corrected chi connectivity index (χ4v) is 12.3. The maximum Gasteiger partial charge on any atom is 0.333 e. The van der Waals surface area contributed by atoms with Gasteiger partial charge in [0, 0.05) is 53.4 Å². The van der Waals surface area contributed by atoms with E-state index < -0.39 is 34.4 Å². The molecule has 8 nitrogen and oxygen atoms in total. The van der Waals surface area contributed by atoms with Crippen molar-refractivity contribution in [3.8, 4) is 0 Å². The number of ether oxygens (including phenoxy) is 5. The van der Waals surface area contributed by atoms with Gasteiger partial charge in [-0.1, -0.05) is 59.2 Å². The molecule has 0 aromatic rings. The first-order chi connectivity index (χ1) is 20.3. The Morgan fingerprint density at radius 2 is 1.86 bits per heavy atom. The SMILES string of the molecule is C/C=C(\C)C(=O)O[C@H]1C[C@@H](OC(C)=O)[C@@]2(C)CO[C@@H]3C2[C@@]1(C)[C@@H](CC(=O)OC)[C@]1(C)C2=C(C)[C@H](C4C=CI=C4)C[C@H]2O[C@H]31. The number of hydrogen-bond donors (Lipinski definition) is 0. The molecule has 2 saturated heterocycles.